The van der Waals surface area contributed by atoms with Crippen LogP contribution in [0.15, 0.2) is 24.3 Å². The molecule has 0 spiro atoms. The highest BCUT2D eigenvalue weighted by Crippen LogP contribution is 2.22. The van der Waals surface area contributed by atoms with E-state index in [1.807, 2.05) is 32.9 Å². The summed E-state index contributed by atoms with van der Waals surface area (Å²) in [6, 6.07) is 6.78. The minimum atomic E-state index is -0.286. The molecule has 0 radical (unpaired) electrons. The Balaban J connectivity index is 2.65. The molecule has 112 valence electrons. The lowest BCUT2D eigenvalue weighted by Gasteiger charge is -2.31. The molecule has 1 unspecified atom stereocenters. The van der Waals surface area contributed by atoms with Gasteiger partial charge >= 0.3 is 6.03 Å². The molecular weight excluding hydrogens is 256 g/mol. The highest BCUT2D eigenvalue weighted by atomic mass is 16.5. The molecule has 0 aliphatic rings. The molecule has 2 amide bonds. The molecule has 0 saturated carbocycles. The molecule has 5 nitrogen and oxygen atoms in total. The second kappa shape index (κ2) is 7.14. The van der Waals surface area contributed by atoms with Gasteiger partial charge in [-0.25, -0.2) is 4.79 Å². The van der Waals surface area contributed by atoms with Gasteiger partial charge in [0, 0.05) is 24.4 Å². The first-order valence-electron chi connectivity index (χ1n) is 6.69. The molecule has 1 atom stereocenters. The van der Waals surface area contributed by atoms with Crippen LogP contribution in [0.3, 0.4) is 0 Å². The molecule has 0 saturated heterocycles. The normalized spacial score (nSPS) is 12.7. The van der Waals surface area contributed by atoms with Crippen molar-refractivity contribution in [1.82, 2.24) is 5.32 Å². The standard InChI is InChI=1S/C15H24N2O3/c1-15(2,3)13(8-9-18)17-14(19)16-11-6-5-7-12(10-11)20-4/h5-7,10,13,18H,8-9H2,1-4H3,(H2,16,17,19). The molecule has 0 fully saturated rings. The minimum Gasteiger partial charge on any atom is -0.497 e. The number of aliphatic hydroxyl groups is 1. The molecule has 5 heteroatoms. The van der Waals surface area contributed by atoms with E-state index >= 15 is 0 Å². The van der Waals surface area contributed by atoms with E-state index in [0.29, 0.717) is 17.9 Å². The Morgan fingerprint density at radius 2 is 2.10 bits per heavy atom. The third-order valence-electron chi connectivity index (χ3n) is 3.10. The summed E-state index contributed by atoms with van der Waals surface area (Å²) < 4.78 is 5.11. The largest absolute Gasteiger partial charge is 0.497 e. The van der Waals surface area contributed by atoms with Crippen LogP contribution in [0.5, 0.6) is 5.75 Å². The first-order chi connectivity index (χ1) is 9.36. The second-order valence-electron chi connectivity index (χ2n) is 5.76. The van der Waals surface area contributed by atoms with Crippen LogP contribution in [0.2, 0.25) is 0 Å². The maximum Gasteiger partial charge on any atom is 0.319 e. The predicted octanol–water partition coefficient (Wildman–Crippen LogP) is 2.61. The van der Waals surface area contributed by atoms with Gasteiger partial charge in [0.1, 0.15) is 5.75 Å². The van der Waals surface area contributed by atoms with Gasteiger partial charge in [-0.3, -0.25) is 0 Å². The Morgan fingerprint density at radius 1 is 1.40 bits per heavy atom. The lowest BCUT2D eigenvalue weighted by molar-refractivity contribution is 0.194. The molecule has 1 rings (SSSR count). The van der Waals surface area contributed by atoms with Crippen molar-refractivity contribution in [3.63, 3.8) is 0 Å². The van der Waals surface area contributed by atoms with Crippen LogP contribution in [0.4, 0.5) is 10.5 Å². The van der Waals surface area contributed by atoms with Crippen molar-refractivity contribution in [2.45, 2.75) is 33.2 Å². The third-order valence-corrected chi connectivity index (χ3v) is 3.10. The van der Waals surface area contributed by atoms with E-state index in [2.05, 4.69) is 10.6 Å². The predicted molar refractivity (Wildman–Crippen MR) is 80.1 cm³/mol. The van der Waals surface area contributed by atoms with Gasteiger partial charge in [0.2, 0.25) is 0 Å². The quantitative estimate of drug-likeness (QED) is 0.776. The number of urea groups is 1. The fraction of sp³-hybridized carbons (Fsp3) is 0.533. The van der Waals surface area contributed by atoms with Crippen LogP contribution in [0.25, 0.3) is 0 Å². The van der Waals surface area contributed by atoms with Crippen LogP contribution in [0, 0.1) is 5.41 Å². The number of amides is 2. The number of aliphatic hydroxyl groups excluding tert-OH is 1. The van der Waals surface area contributed by atoms with Crippen LogP contribution >= 0.6 is 0 Å². The van der Waals surface area contributed by atoms with Gasteiger partial charge in [0.15, 0.2) is 0 Å². The maximum absolute atomic E-state index is 12.0. The Bertz CT molecular complexity index is 441. The third kappa shape index (κ3) is 5.09. The number of hydrogen-bond donors (Lipinski definition) is 3. The molecule has 0 aromatic heterocycles. The van der Waals surface area contributed by atoms with E-state index < -0.39 is 0 Å². The number of benzene rings is 1. The Labute approximate surface area is 120 Å². The summed E-state index contributed by atoms with van der Waals surface area (Å²) in [5, 5.41) is 14.7. The molecule has 1 aromatic rings. The van der Waals surface area contributed by atoms with E-state index in [1.54, 1.807) is 19.2 Å². The average Bonchev–Trinajstić information content (AvgIpc) is 2.37. The van der Waals surface area contributed by atoms with Gasteiger partial charge < -0.3 is 20.5 Å². The fourth-order valence-electron chi connectivity index (χ4n) is 1.88. The Kier molecular flexibility index (Phi) is 5.82. The summed E-state index contributed by atoms with van der Waals surface area (Å²) in [4.78, 5) is 12.0. The molecule has 1 aromatic carbocycles. The zero-order valence-electron chi connectivity index (χ0n) is 12.6. The summed E-state index contributed by atoms with van der Waals surface area (Å²) in [7, 11) is 1.58. The first kappa shape index (κ1) is 16.3. The second-order valence-corrected chi connectivity index (χ2v) is 5.76. The van der Waals surface area contributed by atoms with Gasteiger partial charge in [-0.05, 0) is 24.0 Å². The summed E-state index contributed by atoms with van der Waals surface area (Å²) in [5.41, 5.74) is 0.549. The first-order valence-corrected chi connectivity index (χ1v) is 6.69. The van der Waals surface area contributed by atoms with Gasteiger partial charge in [-0.15, -0.1) is 0 Å². The lowest BCUT2D eigenvalue weighted by Crippen LogP contribution is -2.46. The van der Waals surface area contributed by atoms with Crippen molar-refractivity contribution in [3.8, 4) is 5.75 Å². The molecule has 20 heavy (non-hydrogen) atoms. The number of nitrogens with one attached hydrogen (secondary N) is 2. The van der Waals surface area contributed by atoms with E-state index in [4.69, 9.17) is 9.84 Å². The van der Waals surface area contributed by atoms with Gasteiger partial charge in [-0.1, -0.05) is 26.8 Å². The average molecular weight is 280 g/mol. The summed E-state index contributed by atoms with van der Waals surface area (Å²) in [6.07, 6.45) is 0.523. The van der Waals surface area contributed by atoms with Crippen molar-refractivity contribution >= 4 is 11.7 Å². The van der Waals surface area contributed by atoms with Crippen LogP contribution in [-0.2, 0) is 0 Å². The smallest absolute Gasteiger partial charge is 0.319 e. The lowest BCUT2D eigenvalue weighted by atomic mass is 9.85. The SMILES string of the molecule is COc1cccc(NC(=O)NC(CCO)C(C)(C)C)c1. The highest BCUT2D eigenvalue weighted by molar-refractivity contribution is 5.89. The summed E-state index contributed by atoms with van der Waals surface area (Å²) in [5.74, 6) is 0.686. The van der Waals surface area contributed by atoms with E-state index in [1.165, 1.54) is 0 Å². The molecule has 0 bridgehead atoms. The topological polar surface area (TPSA) is 70.6 Å². The van der Waals surface area contributed by atoms with Gasteiger partial charge in [0.25, 0.3) is 0 Å². The van der Waals surface area contributed by atoms with Gasteiger partial charge in [0.05, 0.1) is 7.11 Å². The van der Waals surface area contributed by atoms with Crippen LogP contribution in [0.1, 0.15) is 27.2 Å². The zero-order chi connectivity index (χ0) is 15.2. The van der Waals surface area contributed by atoms with Gasteiger partial charge in [-0.2, -0.15) is 0 Å². The number of anilines is 1. The number of methoxy groups -OCH3 is 1. The minimum absolute atomic E-state index is 0.0430. The van der Waals surface area contributed by atoms with Crippen LogP contribution in [-0.4, -0.2) is 30.9 Å². The number of carbonyl (C=O) groups is 1. The fourth-order valence-corrected chi connectivity index (χ4v) is 1.88. The van der Waals surface area contributed by atoms with Crippen molar-refractivity contribution in [2.75, 3.05) is 19.0 Å². The number of carbonyl (C=O) groups excluding carboxylic acids is 1. The Morgan fingerprint density at radius 3 is 2.65 bits per heavy atom. The number of hydrogen-bond acceptors (Lipinski definition) is 3. The van der Waals surface area contributed by atoms with Crippen molar-refractivity contribution in [2.24, 2.45) is 5.41 Å². The zero-order valence-corrected chi connectivity index (χ0v) is 12.6. The van der Waals surface area contributed by atoms with E-state index in [9.17, 15) is 4.79 Å². The Hall–Kier alpha value is -1.75. The monoisotopic (exact) mass is 280 g/mol. The highest BCUT2D eigenvalue weighted by Gasteiger charge is 2.25. The van der Waals surface area contributed by atoms with Crippen LogP contribution < -0.4 is 15.4 Å². The van der Waals surface area contributed by atoms with Crippen molar-refractivity contribution in [1.29, 1.82) is 0 Å². The summed E-state index contributed by atoms with van der Waals surface area (Å²) in [6.45, 7) is 6.12. The molecule has 0 aliphatic carbocycles. The maximum atomic E-state index is 12.0. The number of ether oxygens (including phenoxy) is 1. The van der Waals surface area contributed by atoms with E-state index in [-0.39, 0.29) is 24.1 Å². The molecule has 0 heterocycles. The molecule has 0 aliphatic heterocycles. The number of rotatable bonds is 5. The molecular formula is C15H24N2O3. The summed E-state index contributed by atoms with van der Waals surface area (Å²) >= 11 is 0. The van der Waals surface area contributed by atoms with E-state index in [0.717, 1.165) is 0 Å². The van der Waals surface area contributed by atoms with Crippen molar-refractivity contribution in [3.05, 3.63) is 24.3 Å². The van der Waals surface area contributed by atoms with Crippen molar-refractivity contribution < 1.29 is 14.6 Å². The molecule has 3 N–H and O–H groups in total.